The molecule has 2 aromatic carbocycles. The van der Waals surface area contributed by atoms with Gasteiger partial charge in [-0.05, 0) is 35.4 Å². The number of hydrogen-bond donors (Lipinski definition) is 0. The van der Waals surface area contributed by atoms with Crippen LogP contribution in [0.15, 0.2) is 59.4 Å². The number of aromatic nitrogens is 1. The highest BCUT2D eigenvalue weighted by Crippen LogP contribution is 2.23. The molecule has 0 unspecified atom stereocenters. The highest BCUT2D eigenvalue weighted by Gasteiger charge is 2.37. The van der Waals surface area contributed by atoms with Gasteiger partial charge in [0, 0.05) is 56.3 Å². The van der Waals surface area contributed by atoms with Crippen molar-refractivity contribution >= 4 is 23.2 Å². The summed E-state index contributed by atoms with van der Waals surface area (Å²) in [6, 6.07) is 17.5. The Morgan fingerprint density at radius 1 is 0.879 bits per heavy atom. The van der Waals surface area contributed by atoms with Crippen molar-refractivity contribution in [3.8, 4) is 17.2 Å². The van der Waals surface area contributed by atoms with Gasteiger partial charge in [-0.2, -0.15) is 5.26 Å². The Hall–Kier alpha value is -3.54. The summed E-state index contributed by atoms with van der Waals surface area (Å²) in [7, 11) is 0. The summed E-state index contributed by atoms with van der Waals surface area (Å²) in [4.78, 5) is 35.6. The van der Waals surface area contributed by atoms with E-state index in [9.17, 15) is 9.59 Å². The number of nitriles is 1. The first kappa shape index (κ1) is 21.3. The maximum Gasteiger partial charge on any atom is 0.273 e. The molecule has 0 N–H and O–H groups in total. The highest BCUT2D eigenvalue weighted by atomic mass is 32.1. The number of carbonyl (C=O) groups excluding carboxylic acids is 2. The monoisotopic (exact) mass is 457 g/mol. The normalized spacial score (nSPS) is 16.8. The van der Waals surface area contributed by atoms with E-state index < -0.39 is 0 Å². The van der Waals surface area contributed by atoms with Crippen LogP contribution < -0.4 is 0 Å². The molecule has 7 nitrogen and oxygen atoms in total. The zero-order valence-corrected chi connectivity index (χ0v) is 18.9. The van der Waals surface area contributed by atoms with Gasteiger partial charge in [0.15, 0.2) is 0 Å². The van der Waals surface area contributed by atoms with Crippen LogP contribution in [0, 0.1) is 11.3 Å². The molecule has 0 aliphatic carbocycles. The average molecular weight is 458 g/mol. The fourth-order valence-electron chi connectivity index (χ4n) is 4.35. The Morgan fingerprint density at radius 2 is 1.52 bits per heavy atom. The van der Waals surface area contributed by atoms with Gasteiger partial charge in [0.25, 0.3) is 11.8 Å². The van der Waals surface area contributed by atoms with Crippen LogP contribution in [0.4, 0.5) is 0 Å². The van der Waals surface area contributed by atoms with Gasteiger partial charge in [-0.1, -0.05) is 24.3 Å². The van der Waals surface area contributed by atoms with Crippen LogP contribution in [-0.2, 0) is 0 Å². The minimum absolute atomic E-state index is 0.00534. The first-order chi connectivity index (χ1) is 16.1. The van der Waals surface area contributed by atoms with Gasteiger partial charge in [0.1, 0.15) is 5.69 Å². The van der Waals surface area contributed by atoms with E-state index in [-0.39, 0.29) is 11.8 Å². The molecule has 0 bridgehead atoms. The van der Waals surface area contributed by atoms with E-state index in [4.69, 9.17) is 5.26 Å². The number of nitrogens with zero attached hydrogens (tertiary/aromatic N) is 5. The van der Waals surface area contributed by atoms with Crippen molar-refractivity contribution in [1.82, 2.24) is 19.7 Å². The molecule has 5 rings (SSSR count). The summed E-state index contributed by atoms with van der Waals surface area (Å²) in [5.41, 5.74) is 5.56. The molecule has 2 fully saturated rings. The Balaban J connectivity index is 1.12. The maximum absolute atomic E-state index is 12.9. The molecule has 33 heavy (non-hydrogen) atoms. The van der Waals surface area contributed by atoms with Crippen LogP contribution >= 0.6 is 11.3 Å². The van der Waals surface area contributed by atoms with Crippen LogP contribution in [0.3, 0.4) is 0 Å². The van der Waals surface area contributed by atoms with E-state index >= 15 is 0 Å². The molecule has 2 aliphatic rings. The summed E-state index contributed by atoms with van der Waals surface area (Å²) in [6.07, 6.45) is 0. The van der Waals surface area contributed by atoms with Crippen LogP contribution in [-0.4, -0.2) is 76.8 Å². The number of thiazole rings is 1. The van der Waals surface area contributed by atoms with Crippen molar-refractivity contribution in [3.05, 3.63) is 76.2 Å². The second-order valence-corrected chi connectivity index (χ2v) is 9.05. The van der Waals surface area contributed by atoms with Crippen molar-refractivity contribution in [2.75, 3.05) is 39.3 Å². The Bertz CT molecular complexity index is 1170. The number of carbonyl (C=O) groups is 2. The van der Waals surface area contributed by atoms with Crippen LogP contribution in [0.25, 0.3) is 11.1 Å². The lowest BCUT2D eigenvalue weighted by atomic mass is 10.0. The molecule has 0 radical (unpaired) electrons. The van der Waals surface area contributed by atoms with E-state index in [0.29, 0.717) is 36.0 Å². The number of benzene rings is 2. The fourth-order valence-corrected chi connectivity index (χ4v) is 4.87. The van der Waals surface area contributed by atoms with Gasteiger partial charge in [-0.3, -0.25) is 14.5 Å². The average Bonchev–Trinajstić information content (AvgIpc) is 3.38. The molecule has 8 heteroatoms. The number of piperazine rings is 1. The molecular formula is C25H23N5O2S. The predicted molar refractivity (Wildman–Crippen MR) is 126 cm³/mol. The lowest BCUT2D eigenvalue weighted by molar-refractivity contribution is 0.00844. The van der Waals surface area contributed by atoms with Crippen molar-refractivity contribution in [2.45, 2.75) is 6.04 Å². The van der Waals surface area contributed by atoms with Crippen molar-refractivity contribution in [3.63, 3.8) is 0 Å². The number of hydrogen-bond acceptors (Lipinski definition) is 6. The molecule has 0 saturated carbocycles. The summed E-state index contributed by atoms with van der Waals surface area (Å²) < 4.78 is 0. The van der Waals surface area contributed by atoms with E-state index in [1.807, 2.05) is 46.2 Å². The Morgan fingerprint density at radius 3 is 2.09 bits per heavy atom. The summed E-state index contributed by atoms with van der Waals surface area (Å²) in [5.74, 6) is 0.0562. The largest absolute Gasteiger partial charge is 0.335 e. The van der Waals surface area contributed by atoms with E-state index in [0.717, 1.165) is 37.3 Å². The number of rotatable bonds is 4. The van der Waals surface area contributed by atoms with E-state index in [1.54, 1.807) is 23.0 Å². The molecule has 1 aromatic heterocycles. The molecule has 2 amide bonds. The minimum Gasteiger partial charge on any atom is -0.335 e. The third-order valence-corrected chi connectivity index (χ3v) is 6.98. The third kappa shape index (κ3) is 4.38. The number of amides is 2. The summed E-state index contributed by atoms with van der Waals surface area (Å²) in [5, 5.41) is 10.7. The third-order valence-electron chi connectivity index (χ3n) is 6.40. The second-order valence-electron chi connectivity index (χ2n) is 8.33. The maximum atomic E-state index is 12.9. The first-order valence-electron chi connectivity index (χ1n) is 10.9. The zero-order valence-electron chi connectivity index (χ0n) is 18.1. The van der Waals surface area contributed by atoms with E-state index in [1.165, 1.54) is 11.3 Å². The standard InChI is InChI=1S/C25H23N5O2S/c26-13-18-1-3-19(4-2-18)20-5-7-21(8-6-20)24(31)30-14-22(15-30)28-9-11-29(12-10-28)25(32)23-16-33-17-27-23/h1-8,16-17,22H,9-12,14-15H2. The van der Waals surface area contributed by atoms with Crippen LogP contribution in [0.1, 0.15) is 26.4 Å². The van der Waals surface area contributed by atoms with Gasteiger partial charge in [-0.15, -0.1) is 11.3 Å². The Labute approximate surface area is 196 Å². The highest BCUT2D eigenvalue weighted by molar-refractivity contribution is 7.07. The topological polar surface area (TPSA) is 80.5 Å². The van der Waals surface area contributed by atoms with E-state index in [2.05, 4.69) is 16.0 Å². The quantitative estimate of drug-likeness (QED) is 0.602. The van der Waals surface area contributed by atoms with Gasteiger partial charge in [0.05, 0.1) is 17.1 Å². The first-order valence-corrected chi connectivity index (χ1v) is 11.9. The lowest BCUT2D eigenvalue weighted by Gasteiger charge is -2.48. The van der Waals surface area contributed by atoms with Crippen molar-refractivity contribution < 1.29 is 9.59 Å². The van der Waals surface area contributed by atoms with Gasteiger partial charge >= 0.3 is 0 Å². The summed E-state index contributed by atoms with van der Waals surface area (Å²) >= 11 is 1.43. The smallest absolute Gasteiger partial charge is 0.273 e. The van der Waals surface area contributed by atoms with Gasteiger partial charge < -0.3 is 9.80 Å². The molecule has 166 valence electrons. The second kappa shape index (κ2) is 9.14. The molecule has 2 aliphatic heterocycles. The van der Waals surface area contributed by atoms with Gasteiger partial charge in [-0.25, -0.2) is 4.98 Å². The van der Waals surface area contributed by atoms with Gasteiger partial charge in [0.2, 0.25) is 0 Å². The molecule has 3 aromatic rings. The SMILES string of the molecule is N#Cc1ccc(-c2ccc(C(=O)N3CC(N4CCN(C(=O)c5cscn5)CC4)C3)cc2)cc1. The lowest BCUT2D eigenvalue weighted by Crippen LogP contribution is -2.64. The molecule has 0 spiro atoms. The molecule has 2 saturated heterocycles. The van der Waals surface area contributed by atoms with Crippen LogP contribution in [0.2, 0.25) is 0 Å². The minimum atomic E-state index is 0.00534. The fraction of sp³-hybridized carbons (Fsp3) is 0.280. The summed E-state index contributed by atoms with van der Waals surface area (Å²) in [6.45, 7) is 4.46. The van der Waals surface area contributed by atoms with Crippen molar-refractivity contribution in [2.24, 2.45) is 0 Å². The van der Waals surface area contributed by atoms with Crippen molar-refractivity contribution in [1.29, 1.82) is 5.26 Å². The molecule has 3 heterocycles. The van der Waals surface area contributed by atoms with Crippen LogP contribution in [0.5, 0.6) is 0 Å². The molecular weight excluding hydrogens is 434 g/mol. The molecule has 0 atom stereocenters. The number of likely N-dealkylation sites (tertiary alicyclic amines) is 1. The Kier molecular flexibility index (Phi) is 5.90. The predicted octanol–water partition coefficient (Wildman–Crippen LogP) is 2.96. The zero-order chi connectivity index (χ0) is 22.8.